The van der Waals surface area contributed by atoms with Gasteiger partial charge in [-0.15, -0.1) is 0 Å². The second kappa shape index (κ2) is 5.35. The number of hydrogen-bond donors (Lipinski definition) is 0. The van der Waals surface area contributed by atoms with E-state index in [1.165, 1.54) is 0 Å². The van der Waals surface area contributed by atoms with Gasteiger partial charge in [-0.05, 0) is 37.6 Å². The Morgan fingerprint density at radius 1 is 1.27 bits per heavy atom. The first-order chi connectivity index (χ1) is 7.11. The third kappa shape index (κ3) is 3.98. The lowest BCUT2D eigenvalue weighted by molar-refractivity contribution is -0.114. The molecule has 1 aromatic rings. The van der Waals surface area contributed by atoms with E-state index in [2.05, 4.69) is 0 Å². The number of ether oxygens (including phenoxy) is 1. The standard InChI is InChI=1S/C13H16O2/c1-10(2)8-12(14)9-11-4-6-13(15-3)7-5-11/h4-8H,9H2,1-3H3. The lowest BCUT2D eigenvalue weighted by atomic mass is 10.1. The molecule has 0 saturated heterocycles. The molecule has 0 saturated carbocycles. The molecule has 1 aromatic carbocycles. The van der Waals surface area contributed by atoms with Gasteiger partial charge in [-0.25, -0.2) is 0 Å². The molecule has 0 aliphatic rings. The van der Waals surface area contributed by atoms with Crippen LogP contribution in [0, 0.1) is 0 Å². The molecule has 0 unspecified atom stereocenters. The Hall–Kier alpha value is -1.57. The average Bonchev–Trinajstić information content (AvgIpc) is 2.17. The highest BCUT2D eigenvalue weighted by molar-refractivity contribution is 5.91. The number of carbonyl (C=O) groups excluding carboxylic acids is 1. The highest BCUT2D eigenvalue weighted by Crippen LogP contribution is 2.12. The molecule has 15 heavy (non-hydrogen) atoms. The number of benzene rings is 1. The highest BCUT2D eigenvalue weighted by atomic mass is 16.5. The van der Waals surface area contributed by atoms with E-state index in [4.69, 9.17) is 4.74 Å². The fraction of sp³-hybridized carbons (Fsp3) is 0.308. The minimum Gasteiger partial charge on any atom is -0.497 e. The molecular formula is C13H16O2. The predicted octanol–water partition coefficient (Wildman–Crippen LogP) is 2.77. The molecule has 0 spiro atoms. The third-order valence-corrected chi connectivity index (χ3v) is 1.99. The van der Waals surface area contributed by atoms with Crippen LogP contribution in [0.3, 0.4) is 0 Å². The van der Waals surface area contributed by atoms with Gasteiger partial charge in [-0.3, -0.25) is 4.79 Å². The zero-order chi connectivity index (χ0) is 11.3. The van der Waals surface area contributed by atoms with Gasteiger partial charge in [0.15, 0.2) is 5.78 Å². The number of hydrogen-bond acceptors (Lipinski definition) is 2. The van der Waals surface area contributed by atoms with E-state index in [0.29, 0.717) is 6.42 Å². The molecule has 0 aliphatic heterocycles. The molecule has 0 aliphatic carbocycles. The average molecular weight is 204 g/mol. The van der Waals surface area contributed by atoms with E-state index in [1.807, 2.05) is 38.1 Å². The highest BCUT2D eigenvalue weighted by Gasteiger charge is 2.00. The third-order valence-electron chi connectivity index (χ3n) is 1.99. The summed E-state index contributed by atoms with van der Waals surface area (Å²) < 4.78 is 5.04. The lowest BCUT2D eigenvalue weighted by Gasteiger charge is -2.01. The zero-order valence-corrected chi connectivity index (χ0v) is 9.41. The van der Waals surface area contributed by atoms with Crippen molar-refractivity contribution in [2.45, 2.75) is 20.3 Å². The van der Waals surface area contributed by atoms with E-state index >= 15 is 0 Å². The largest absolute Gasteiger partial charge is 0.497 e. The molecule has 0 heterocycles. The molecular weight excluding hydrogens is 188 g/mol. The van der Waals surface area contributed by atoms with Crippen LogP contribution in [0.5, 0.6) is 5.75 Å². The summed E-state index contributed by atoms with van der Waals surface area (Å²) in [6.07, 6.45) is 2.12. The minimum absolute atomic E-state index is 0.139. The number of carbonyl (C=O) groups is 1. The summed E-state index contributed by atoms with van der Waals surface area (Å²) in [6.45, 7) is 3.85. The molecule has 0 fully saturated rings. The molecule has 2 heteroatoms. The second-order valence-electron chi connectivity index (χ2n) is 3.71. The monoisotopic (exact) mass is 204 g/mol. The Morgan fingerprint density at radius 2 is 1.87 bits per heavy atom. The molecule has 0 N–H and O–H groups in total. The summed E-state index contributed by atoms with van der Waals surface area (Å²) in [5.41, 5.74) is 2.05. The van der Waals surface area contributed by atoms with Crippen molar-refractivity contribution in [3.63, 3.8) is 0 Å². The van der Waals surface area contributed by atoms with Gasteiger partial charge in [-0.2, -0.15) is 0 Å². The molecule has 0 bridgehead atoms. The summed E-state index contributed by atoms with van der Waals surface area (Å²) in [4.78, 5) is 11.5. The number of rotatable bonds is 4. The summed E-state index contributed by atoms with van der Waals surface area (Å²) in [5, 5.41) is 0. The van der Waals surface area contributed by atoms with Crippen LogP contribution in [0.15, 0.2) is 35.9 Å². The van der Waals surface area contributed by atoms with Crippen LogP contribution in [0.4, 0.5) is 0 Å². The first-order valence-corrected chi connectivity index (χ1v) is 4.92. The lowest BCUT2D eigenvalue weighted by Crippen LogP contribution is -1.99. The van der Waals surface area contributed by atoms with Crippen LogP contribution in [-0.2, 0) is 11.2 Å². The van der Waals surface area contributed by atoms with E-state index in [9.17, 15) is 4.79 Å². The summed E-state index contributed by atoms with van der Waals surface area (Å²) in [6, 6.07) is 7.56. The van der Waals surface area contributed by atoms with E-state index in [-0.39, 0.29) is 5.78 Å². The molecule has 2 nitrogen and oxygen atoms in total. The van der Waals surface area contributed by atoms with Gasteiger partial charge in [0, 0.05) is 6.42 Å². The first-order valence-electron chi connectivity index (χ1n) is 4.92. The number of allylic oxidation sites excluding steroid dienone is 2. The second-order valence-corrected chi connectivity index (χ2v) is 3.71. The van der Waals surface area contributed by atoms with Gasteiger partial charge in [-0.1, -0.05) is 17.7 Å². The molecule has 1 rings (SSSR count). The Morgan fingerprint density at radius 3 is 2.33 bits per heavy atom. The molecule has 0 aromatic heterocycles. The van der Waals surface area contributed by atoms with Crippen LogP contribution in [0.2, 0.25) is 0 Å². The van der Waals surface area contributed by atoms with Crippen molar-refractivity contribution in [3.05, 3.63) is 41.5 Å². The number of methoxy groups -OCH3 is 1. The van der Waals surface area contributed by atoms with Crippen molar-refractivity contribution >= 4 is 5.78 Å². The van der Waals surface area contributed by atoms with Crippen LogP contribution in [-0.4, -0.2) is 12.9 Å². The van der Waals surface area contributed by atoms with E-state index < -0.39 is 0 Å². The van der Waals surface area contributed by atoms with Gasteiger partial charge in [0.05, 0.1) is 7.11 Å². The van der Waals surface area contributed by atoms with Crippen molar-refractivity contribution < 1.29 is 9.53 Å². The van der Waals surface area contributed by atoms with Crippen molar-refractivity contribution in [2.75, 3.05) is 7.11 Å². The Balaban J connectivity index is 2.65. The van der Waals surface area contributed by atoms with Crippen LogP contribution in [0.1, 0.15) is 19.4 Å². The molecule has 0 atom stereocenters. The fourth-order valence-corrected chi connectivity index (χ4v) is 1.32. The molecule has 80 valence electrons. The Kier molecular flexibility index (Phi) is 4.10. The minimum atomic E-state index is 0.139. The van der Waals surface area contributed by atoms with Gasteiger partial charge in [0.1, 0.15) is 5.75 Å². The summed E-state index contributed by atoms with van der Waals surface area (Å²) >= 11 is 0. The van der Waals surface area contributed by atoms with Gasteiger partial charge < -0.3 is 4.74 Å². The first kappa shape index (κ1) is 11.5. The fourth-order valence-electron chi connectivity index (χ4n) is 1.32. The number of ketones is 1. The molecule has 0 amide bonds. The van der Waals surface area contributed by atoms with Crippen molar-refractivity contribution in [1.29, 1.82) is 0 Å². The van der Waals surface area contributed by atoms with Crippen molar-refractivity contribution in [1.82, 2.24) is 0 Å². The Labute approximate surface area is 90.6 Å². The Bertz CT molecular complexity index is 357. The van der Waals surface area contributed by atoms with Gasteiger partial charge in [0.25, 0.3) is 0 Å². The van der Waals surface area contributed by atoms with Crippen LogP contribution >= 0.6 is 0 Å². The SMILES string of the molecule is COc1ccc(CC(=O)C=C(C)C)cc1. The van der Waals surface area contributed by atoms with Crippen molar-refractivity contribution in [3.8, 4) is 5.75 Å². The van der Waals surface area contributed by atoms with Gasteiger partial charge in [0.2, 0.25) is 0 Å². The maximum atomic E-state index is 11.5. The quantitative estimate of drug-likeness (QED) is 0.705. The normalized spacial score (nSPS) is 9.53. The maximum Gasteiger partial charge on any atom is 0.159 e. The predicted molar refractivity (Wildman–Crippen MR) is 61.1 cm³/mol. The summed E-state index contributed by atoms with van der Waals surface area (Å²) in [7, 11) is 1.63. The maximum absolute atomic E-state index is 11.5. The van der Waals surface area contributed by atoms with Gasteiger partial charge >= 0.3 is 0 Å². The zero-order valence-electron chi connectivity index (χ0n) is 9.41. The molecule has 0 radical (unpaired) electrons. The summed E-state index contributed by atoms with van der Waals surface area (Å²) in [5.74, 6) is 0.952. The topological polar surface area (TPSA) is 26.3 Å². The van der Waals surface area contributed by atoms with E-state index in [1.54, 1.807) is 13.2 Å². The van der Waals surface area contributed by atoms with Crippen molar-refractivity contribution in [2.24, 2.45) is 0 Å². The van der Waals surface area contributed by atoms with Crippen LogP contribution in [0.25, 0.3) is 0 Å². The van der Waals surface area contributed by atoms with Crippen LogP contribution < -0.4 is 4.74 Å². The smallest absolute Gasteiger partial charge is 0.159 e. The van der Waals surface area contributed by atoms with E-state index in [0.717, 1.165) is 16.9 Å².